The molecule has 3 rings (SSSR count). The number of rotatable bonds is 4. The smallest absolute Gasteiger partial charge is 0.305 e. The third-order valence-electron chi connectivity index (χ3n) is 3.68. The molecule has 22 heavy (non-hydrogen) atoms. The zero-order chi connectivity index (χ0) is 15.7. The normalized spacial score (nSPS) is 11.0. The first-order chi connectivity index (χ1) is 10.6. The Hall–Kier alpha value is -2.33. The van der Waals surface area contributed by atoms with E-state index in [4.69, 9.17) is 21.7 Å². The first-order valence-corrected chi connectivity index (χ1v) is 7.39. The van der Waals surface area contributed by atoms with E-state index >= 15 is 0 Å². The molecule has 0 bridgehead atoms. The van der Waals surface area contributed by atoms with Crippen LogP contribution in [0.15, 0.2) is 36.4 Å². The topological polar surface area (TPSA) is 62.2 Å². The van der Waals surface area contributed by atoms with Gasteiger partial charge < -0.3 is 10.4 Å². The summed E-state index contributed by atoms with van der Waals surface area (Å²) in [5, 5.41) is 14.7. The lowest BCUT2D eigenvalue weighted by molar-refractivity contribution is -0.136. The first-order valence-electron chi connectivity index (χ1n) is 7.01. The molecule has 0 saturated heterocycles. The van der Waals surface area contributed by atoms with Crippen molar-refractivity contribution in [1.29, 1.82) is 0 Å². The van der Waals surface area contributed by atoms with Crippen molar-refractivity contribution >= 4 is 45.1 Å². The number of carbonyl (C=O) groups is 1. The number of aryl methyl sites for hydroxylation is 1. The standard InChI is InChI=1S/C17H15ClN2O2/c1-10-13(18)7-6-12-16(10)20-14-5-3-2-4-11(14)17(12)19-9-8-15(21)22/h2-7H,8-9H2,1H3,(H,19,20)(H,21,22). The molecule has 0 aliphatic carbocycles. The Labute approximate surface area is 132 Å². The Kier molecular flexibility index (Phi) is 3.86. The molecule has 0 aliphatic heterocycles. The van der Waals surface area contributed by atoms with Gasteiger partial charge in [0.2, 0.25) is 0 Å². The highest BCUT2D eigenvalue weighted by molar-refractivity contribution is 6.32. The Balaban J connectivity index is 2.23. The average molecular weight is 315 g/mol. The second-order valence-electron chi connectivity index (χ2n) is 5.14. The van der Waals surface area contributed by atoms with Gasteiger partial charge in [-0.1, -0.05) is 29.8 Å². The molecule has 0 spiro atoms. The van der Waals surface area contributed by atoms with Gasteiger partial charge in [0.25, 0.3) is 0 Å². The van der Waals surface area contributed by atoms with Crippen molar-refractivity contribution in [2.24, 2.45) is 0 Å². The summed E-state index contributed by atoms with van der Waals surface area (Å²) in [6.45, 7) is 2.30. The van der Waals surface area contributed by atoms with Gasteiger partial charge in [-0.25, -0.2) is 4.98 Å². The summed E-state index contributed by atoms with van der Waals surface area (Å²) in [5.41, 5.74) is 3.52. The molecule has 1 heterocycles. The first kappa shape index (κ1) is 14.6. The van der Waals surface area contributed by atoms with E-state index in [1.54, 1.807) is 0 Å². The van der Waals surface area contributed by atoms with E-state index in [1.807, 2.05) is 43.3 Å². The molecule has 2 aromatic carbocycles. The number of benzene rings is 2. The van der Waals surface area contributed by atoms with Crippen molar-refractivity contribution in [3.8, 4) is 0 Å². The molecule has 0 unspecified atom stereocenters. The van der Waals surface area contributed by atoms with E-state index in [9.17, 15) is 4.79 Å². The number of aromatic nitrogens is 1. The summed E-state index contributed by atoms with van der Waals surface area (Å²) in [6, 6.07) is 11.6. The van der Waals surface area contributed by atoms with Crippen LogP contribution in [-0.2, 0) is 4.79 Å². The van der Waals surface area contributed by atoms with Crippen LogP contribution in [0.1, 0.15) is 12.0 Å². The monoisotopic (exact) mass is 314 g/mol. The van der Waals surface area contributed by atoms with Crippen LogP contribution >= 0.6 is 11.6 Å². The summed E-state index contributed by atoms with van der Waals surface area (Å²) >= 11 is 6.20. The number of nitrogens with zero attached hydrogens (tertiary/aromatic N) is 1. The van der Waals surface area contributed by atoms with Crippen LogP contribution in [0.2, 0.25) is 5.02 Å². The Morgan fingerprint density at radius 2 is 2.00 bits per heavy atom. The Morgan fingerprint density at radius 3 is 2.77 bits per heavy atom. The van der Waals surface area contributed by atoms with E-state index in [2.05, 4.69) is 5.32 Å². The van der Waals surface area contributed by atoms with Crippen LogP contribution in [0.4, 0.5) is 5.69 Å². The number of carboxylic acids is 1. The number of aliphatic carboxylic acids is 1. The number of carboxylic acid groups (broad SMARTS) is 1. The van der Waals surface area contributed by atoms with E-state index < -0.39 is 5.97 Å². The Morgan fingerprint density at radius 1 is 1.23 bits per heavy atom. The van der Waals surface area contributed by atoms with Crippen LogP contribution < -0.4 is 5.32 Å². The van der Waals surface area contributed by atoms with Crippen LogP contribution in [0.3, 0.4) is 0 Å². The third kappa shape index (κ3) is 2.57. The molecule has 112 valence electrons. The minimum Gasteiger partial charge on any atom is -0.481 e. The second kappa shape index (κ2) is 5.81. The highest BCUT2D eigenvalue weighted by atomic mass is 35.5. The van der Waals surface area contributed by atoms with Crippen molar-refractivity contribution in [2.45, 2.75) is 13.3 Å². The third-order valence-corrected chi connectivity index (χ3v) is 4.09. The maximum Gasteiger partial charge on any atom is 0.305 e. The van der Waals surface area contributed by atoms with E-state index in [0.717, 1.165) is 33.1 Å². The Bertz CT molecular complexity index is 877. The molecule has 3 aromatic rings. The van der Waals surface area contributed by atoms with Gasteiger partial charge in [0.15, 0.2) is 0 Å². The molecule has 0 fully saturated rings. The molecule has 0 aliphatic rings. The van der Waals surface area contributed by atoms with Gasteiger partial charge >= 0.3 is 5.97 Å². The van der Waals surface area contributed by atoms with E-state index in [0.29, 0.717) is 11.6 Å². The van der Waals surface area contributed by atoms with Gasteiger partial charge in [-0.15, -0.1) is 0 Å². The maximum absolute atomic E-state index is 10.7. The SMILES string of the molecule is Cc1c(Cl)ccc2c(NCCC(=O)O)c3ccccc3nc12. The summed E-state index contributed by atoms with van der Waals surface area (Å²) in [4.78, 5) is 15.4. The molecule has 0 radical (unpaired) electrons. The van der Waals surface area contributed by atoms with Gasteiger partial charge in [-0.05, 0) is 30.7 Å². The zero-order valence-corrected chi connectivity index (χ0v) is 12.8. The molecule has 1 aromatic heterocycles. The number of pyridine rings is 1. The number of hydrogen-bond donors (Lipinski definition) is 2. The predicted molar refractivity (Wildman–Crippen MR) is 89.7 cm³/mol. The molecular weight excluding hydrogens is 300 g/mol. The summed E-state index contributed by atoms with van der Waals surface area (Å²) in [6.07, 6.45) is 0.0602. The molecule has 4 nitrogen and oxygen atoms in total. The van der Waals surface area contributed by atoms with E-state index in [1.165, 1.54) is 0 Å². The predicted octanol–water partition coefficient (Wildman–Crippen LogP) is 4.24. The van der Waals surface area contributed by atoms with Crippen molar-refractivity contribution in [1.82, 2.24) is 4.98 Å². The summed E-state index contributed by atoms with van der Waals surface area (Å²) < 4.78 is 0. The summed E-state index contributed by atoms with van der Waals surface area (Å²) in [5.74, 6) is -0.825. The fraction of sp³-hybridized carbons (Fsp3) is 0.176. The number of anilines is 1. The lowest BCUT2D eigenvalue weighted by Gasteiger charge is -2.14. The van der Waals surface area contributed by atoms with Crippen molar-refractivity contribution in [2.75, 3.05) is 11.9 Å². The number of hydrogen-bond acceptors (Lipinski definition) is 3. The van der Waals surface area contributed by atoms with Gasteiger partial charge in [0, 0.05) is 22.3 Å². The number of nitrogens with one attached hydrogen (secondary N) is 1. The van der Waals surface area contributed by atoms with Gasteiger partial charge in [0.1, 0.15) is 0 Å². The van der Waals surface area contributed by atoms with Crippen LogP contribution in [0, 0.1) is 6.92 Å². The van der Waals surface area contributed by atoms with Crippen LogP contribution in [0.5, 0.6) is 0 Å². The van der Waals surface area contributed by atoms with Crippen LogP contribution in [0.25, 0.3) is 21.8 Å². The quantitative estimate of drug-likeness (QED) is 0.707. The highest BCUT2D eigenvalue weighted by Crippen LogP contribution is 2.34. The minimum absolute atomic E-state index is 0.0602. The number of fused-ring (bicyclic) bond motifs is 2. The van der Waals surface area contributed by atoms with Crippen molar-refractivity contribution in [3.05, 3.63) is 47.0 Å². The fourth-order valence-electron chi connectivity index (χ4n) is 2.55. The van der Waals surface area contributed by atoms with Gasteiger partial charge in [-0.3, -0.25) is 4.79 Å². The molecule has 0 saturated carbocycles. The molecule has 2 N–H and O–H groups in total. The molecule has 5 heteroatoms. The van der Waals surface area contributed by atoms with Gasteiger partial charge in [0.05, 0.1) is 23.1 Å². The van der Waals surface area contributed by atoms with Crippen LogP contribution in [-0.4, -0.2) is 22.6 Å². The largest absolute Gasteiger partial charge is 0.481 e. The van der Waals surface area contributed by atoms with Gasteiger partial charge in [-0.2, -0.15) is 0 Å². The lowest BCUT2D eigenvalue weighted by Crippen LogP contribution is -2.08. The number of halogens is 1. The minimum atomic E-state index is -0.825. The highest BCUT2D eigenvalue weighted by Gasteiger charge is 2.12. The maximum atomic E-state index is 10.7. The lowest BCUT2D eigenvalue weighted by atomic mass is 10.0. The zero-order valence-electron chi connectivity index (χ0n) is 12.1. The fourth-order valence-corrected chi connectivity index (χ4v) is 2.71. The van der Waals surface area contributed by atoms with E-state index in [-0.39, 0.29) is 6.42 Å². The number of para-hydroxylation sites is 1. The average Bonchev–Trinajstić information content (AvgIpc) is 2.50. The van der Waals surface area contributed by atoms with Crippen molar-refractivity contribution in [3.63, 3.8) is 0 Å². The summed E-state index contributed by atoms with van der Waals surface area (Å²) in [7, 11) is 0. The molecule has 0 atom stereocenters. The molecular formula is C17H15ClN2O2. The second-order valence-corrected chi connectivity index (χ2v) is 5.55. The van der Waals surface area contributed by atoms with Crippen molar-refractivity contribution < 1.29 is 9.90 Å². The molecule has 0 amide bonds.